The van der Waals surface area contributed by atoms with Crippen LogP contribution >= 0.6 is 23.2 Å². The average Bonchev–Trinajstić information content (AvgIpc) is 3.30. The van der Waals surface area contributed by atoms with Crippen LogP contribution in [0, 0.1) is 0 Å². The van der Waals surface area contributed by atoms with E-state index < -0.39 is 6.04 Å². The van der Waals surface area contributed by atoms with Gasteiger partial charge >= 0.3 is 0 Å². The van der Waals surface area contributed by atoms with E-state index >= 15 is 0 Å². The number of hydrogen-bond donors (Lipinski definition) is 3. The van der Waals surface area contributed by atoms with E-state index in [1.807, 2.05) is 54.6 Å². The summed E-state index contributed by atoms with van der Waals surface area (Å²) in [6, 6.07) is 22.4. The quantitative estimate of drug-likeness (QED) is 0.349. The van der Waals surface area contributed by atoms with Gasteiger partial charge in [-0.1, -0.05) is 77.8 Å². The SMILES string of the molecule is O=C(N/N=C/c1ccc(Cl)cc1Cl)C1CC(c2ccccc2OCc2ccccc2)NN1. The minimum atomic E-state index is -0.444. The average molecular weight is 469 g/mol. The number of amides is 1. The van der Waals surface area contributed by atoms with Crippen LogP contribution in [-0.2, 0) is 11.4 Å². The monoisotopic (exact) mass is 468 g/mol. The molecule has 3 N–H and O–H groups in total. The van der Waals surface area contributed by atoms with Crippen LogP contribution in [0.4, 0.5) is 0 Å². The fourth-order valence-corrected chi connectivity index (χ4v) is 3.87. The van der Waals surface area contributed by atoms with Crippen LogP contribution in [0.5, 0.6) is 5.75 Å². The van der Waals surface area contributed by atoms with Crippen LogP contribution in [0.25, 0.3) is 0 Å². The van der Waals surface area contributed by atoms with Crippen LogP contribution < -0.4 is 21.0 Å². The molecule has 0 saturated carbocycles. The smallest absolute Gasteiger partial charge is 0.258 e. The molecule has 164 valence electrons. The molecule has 1 aliphatic rings. The molecule has 6 nitrogen and oxygen atoms in total. The Morgan fingerprint density at radius 2 is 1.84 bits per heavy atom. The van der Waals surface area contributed by atoms with Gasteiger partial charge in [0.15, 0.2) is 0 Å². The summed E-state index contributed by atoms with van der Waals surface area (Å²) in [4.78, 5) is 12.5. The zero-order valence-electron chi connectivity index (χ0n) is 17.1. The number of benzene rings is 3. The second kappa shape index (κ2) is 10.6. The summed E-state index contributed by atoms with van der Waals surface area (Å²) in [5.74, 6) is 0.538. The maximum absolute atomic E-state index is 12.5. The molecule has 1 fully saturated rings. The number of rotatable bonds is 7. The Bertz CT molecular complexity index is 1110. The summed E-state index contributed by atoms with van der Waals surface area (Å²) in [5, 5.41) is 5.01. The van der Waals surface area contributed by atoms with Crippen molar-refractivity contribution in [1.29, 1.82) is 0 Å². The van der Waals surface area contributed by atoms with Gasteiger partial charge in [0.1, 0.15) is 18.4 Å². The Balaban J connectivity index is 1.35. The molecule has 8 heteroatoms. The van der Waals surface area contributed by atoms with Gasteiger partial charge in [0.2, 0.25) is 0 Å². The molecule has 1 heterocycles. The number of ether oxygens (including phenoxy) is 1. The Labute approximate surface area is 196 Å². The number of hydrazine groups is 1. The first-order chi connectivity index (χ1) is 15.6. The lowest BCUT2D eigenvalue weighted by molar-refractivity contribution is -0.122. The molecular weight excluding hydrogens is 447 g/mol. The van der Waals surface area contributed by atoms with Gasteiger partial charge in [-0.15, -0.1) is 0 Å². The van der Waals surface area contributed by atoms with Gasteiger partial charge in [0.05, 0.1) is 17.3 Å². The molecular formula is C24H22Cl2N4O2. The van der Waals surface area contributed by atoms with E-state index in [2.05, 4.69) is 21.4 Å². The number of nitrogens with zero attached hydrogens (tertiary/aromatic N) is 1. The molecule has 3 aromatic carbocycles. The number of hydrogen-bond acceptors (Lipinski definition) is 5. The molecule has 32 heavy (non-hydrogen) atoms. The van der Waals surface area contributed by atoms with Crippen molar-refractivity contribution in [1.82, 2.24) is 16.3 Å². The van der Waals surface area contributed by atoms with Crippen molar-refractivity contribution < 1.29 is 9.53 Å². The molecule has 2 unspecified atom stereocenters. The van der Waals surface area contributed by atoms with Crippen LogP contribution in [0.1, 0.15) is 29.2 Å². The van der Waals surface area contributed by atoms with E-state index in [9.17, 15) is 4.79 Å². The van der Waals surface area contributed by atoms with Gasteiger partial charge in [-0.3, -0.25) is 4.79 Å². The third-order valence-corrected chi connectivity index (χ3v) is 5.65. The second-order valence-corrected chi connectivity index (χ2v) is 8.19. The van der Waals surface area contributed by atoms with Crippen molar-refractivity contribution in [3.63, 3.8) is 0 Å². The first-order valence-electron chi connectivity index (χ1n) is 10.1. The minimum Gasteiger partial charge on any atom is -0.489 e. The van der Waals surface area contributed by atoms with Crippen molar-refractivity contribution in [2.45, 2.75) is 25.1 Å². The van der Waals surface area contributed by atoms with Crippen molar-refractivity contribution in [3.05, 3.63) is 99.5 Å². The van der Waals surface area contributed by atoms with E-state index in [0.717, 1.165) is 16.9 Å². The number of para-hydroxylation sites is 1. The van der Waals surface area contributed by atoms with Gasteiger partial charge in [-0.2, -0.15) is 5.10 Å². The van der Waals surface area contributed by atoms with Crippen LogP contribution in [0.3, 0.4) is 0 Å². The lowest BCUT2D eigenvalue weighted by Crippen LogP contribution is -2.41. The van der Waals surface area contributed by atoms with Gasteiger partial charge in [-0.25, -0.2) is 16.3 Å². The Hall–Kier alpha value is -2.90. The fraction of sp³-hybridized carbons (Fsp3) is 0.167. The number of carbonyl (C=O) groups excluding carboxylic acids is 1. The predicted octanol–water partition coefficient (Wildman–Crippen LogP) is 4.63. The number of hydrazone groups is 1. The highest BCUT2D eigenvalue weighted by atomic mass is 35.5. The summed E-state index contributed by atoms with van der Waals surface area (Å²) in [6.07, 6.45) is 2.04. The highest BCUT2D eigenvalue weighted by molar-refractivity contribution is 6.36. The standard InChI is InChI=1S/C24H22Cl2N4O2/c25-18-11-10-17(20(26)12-18)14-27-30-24(31)22-13-21(28-29-22)19-8-4-5-9-23(19)32-15-16-6-2-1-3-7-16/h1-12,14,21-22,28-29H,13,15H2,(H,30,31)/b27-14+. The molecule has 0 bridgehead atoms. The van der Waals surface area contributed by atoms with Crippen LogP contribution in [0.15, 0.2) is 77.9 Å². The summed E-state index contributed by atoms with van der Waals surface area (Å²) in [6.45, 7) is 0.476. The van der Waals surface area contributed by atoms with Crippen molar-refractivity contribution in [2.75, 3.05) is 0 Å². The van der Waals surface area contributed by atoms with Crippen LogP contribution in [0.2, 0.25) is 10.0 Å². The third kappa shape index (κ3) is 5.66. The first kappa shape index (κ1) is 22.3. The highest BCUT2D eigenvalue weighted by Gasteiger charge is 2.31. The van der Waals surface area contributed by atoms with Crippen molar-refractivity contribution in [2.24, 2.45) is 5.10 Å². The molecule has 3 aromatic rings. The normalized spacial score (nSPS) is 18.1. The van der Waals surface area contributed by atoms with Gasteiger partial charge in [0.25, 0.3) is 5.91 Å². The molecule has 1 saturated heterocycles. The molecule has 4 rings (SSSR count). The summed E-state index contributed by atoms with van der Waals surface area (Å²) < 4.78 is 6.05. The Kier molecular flexibility index (Phi) is 7.39. The van der Waals surface area contributed by atoms with E-state index in [4.69, 9.17) is 27.9 Å². The highest BCUT2D eigenvalue weighted by Crippen LogP contribution is 2.30. The number of carbonyl (C=O) groups is 1. The minimum absolute atomic E-state index is 0.0765. The van der Waals surface area contributed by atoms with Crippen molar-refractivity contribution >= 4 is 35.3 Å². The lowest BCUT2D eigenvalue weighted by atomic mass is 10.0. The first-order valence-corrected chi connectivity index (χ1v) is 10.9. The zero-order valence-corrected chi connectivity index (χ0v) is 18.6. The number of halogens is 2. The molecule has 2 atom stereocenters. The lowest BCUT2D eigenvalue weighted by Gasteiger charge is -2.16. The molecule has 1 aliphatic heterocycles. The second-order valence-electron chi connectivity index (χ2n) is 7.34. The van der Waals surface area contributed by atoms with Crippen LogP contribution in [-0.4, -0.2) is 18.2 Å². The van der Waals surface area contributed by atoms with Crippen molar-refractivity contribution in [3.8, 4) is 5.75 Å². The van der Waals surface area contributed by atoms with E-state index in [0.29, 0.717) is 28.6 Å². The Morgan fingerprint density at radius 1 is 1.06 bits per heavy atom. The molecule has 0 spiro atoms. The fourth-order valence-electron chi connectivity index (χ4n) is 3.42. The van der Waals surface area contributed by atoms with E-state index in [1.54, 1.807) is 18.2 Å². The molecule has 0 aliphatic carbocycles. The predicted molar refractivity (Wildman–Crippen MR) is 127 cm³/mol. The number of nitrogens with one attached hydrogen (secondary N) is 3. The van der Waals surface area contributed by atoms with E-state index in [1.165, 1.54) is 6.21 Å². The van der Waals surface area contributed by atoms with Gasteiger partial charge in [0, 0.05) is 16.1 Å². The largest absolute Gasteiger partial charge is 0.489 e. The maximum Gasteiger partial charge on any atom is 0.258 e. The Morgan fingerprint density at radius 3 is 2.66 bits per heavy atom. The maximum atomic E-state index is 12.5. The van der Waals surface area contributed by atoms with Gasteiger partial charge < -0.3 is 4.74 Å². The molecule has 0 radical (unpaired) electrons. The molecule has 1 amide bonds. The summed E-state index contributed by atoms with van der Waals surface area (Å²) in [5.41, 5.74) is 11.5. The third-order valence-electron chi connectivity index (χ3n) is 5.09. The summed E-state index contributed by atoms with van der Waals surface area (Å²) >= 11 is 12.0. The van der Waals surface area contributed by atoms with Gasteiger partial charge in [-0.05, 0) is 30.2 Å². The summed E-state index contributed by atoms with van der Waals surface area (Å²) in [7, 11) is 0. The topological polar surface area (TPSA) is 74.8 Å². The van der Waals surface area contributed by atoms with E-state index in [-0.39, 0.29) is 11.9 Å². The molecule has 0 aromatic heterocycles. The zero-order chi connectivity index (χ0) is 22.3.